The van der Waals surface area contributed by atoms with Crippen LogP contribution in [0, 0.1) is 5.92 Å². The number of ketones is 1. The number of carbonyl (C=O) groups is 2. The maximum absolute atomic E-state index is 12.5. The Morgan fingerprint density at radius 2 is 1.96 bits per heavy atom. The van der Waals surface area contributed by atoms with E-state index in [0.717, 1.165) is 0 Å². The van der Waals surface area contributed by atoms with Gasteiger partial charge in [-0.3, -0.25) is 9.59 Å². The Bertz CT molecular complexity index is 900. The monoisotopic (exact) mass is 376 g/mol. The SMILES string of the molecule is CC(C)C(=O)Oc1ccc2c(c1)OC(=Cc1cccc(Cl)c1Cl)C2=O. The van der Waals surface area contributed by atoms with Gasteiger partial charge in [0.15, 0.2) is 5.76 Å². The summed E-state index contributed by atoms with van der Waals surface area (Å²) in [7, 11) is 0. The lowest BCUT2D eigenvalue weighted by atomic mass is 10.1. The molecule has 1 aliphatic rings. The number of carbonyl (C=O) groups excluding carboxylic acids is 2. The van der Waals surface area contributed by atoms with Gasteiger partial charge in [-0.1, -0.05) is 49.2 Å². The van der Waals surface area contributed by atoms with Crippen LogP contribution in [0.5, 0.6) is 11.5 Å². The van der Waals surface area contributed by atoms with Crippen molar-refractivity contribution in [2.45, 2.75) is 13.8 Å². The summed E-state index contributed by atoms with van der Waals surface area (Å²) in [5, 5.41) is 0.734. The third-order valence-electron chi connectivity index (χ3n) is 3.60. The number of hydrogen-bond acceptors (Lipinski definition) is 4. The molecular weight excluding hydrogens is 363 g/mol. The van der Waals surface area contributed by atoms with Crippen LogP contribution < -0.4 is 9.47 Å². The van der Waals surface area contributed by atoms with Crippen LogP contribution in [0.1, 0.15) is 29.8 Å². The minimum atomic E-state index is -0.356. The number of fused-ring (bicyclic) bond motifs is 1. The van der Waals surface area contributed by atoms with Crippen molar-refractivity contribution in [1.29, 1.82) is 0 Å². The lowest BCUT2D eigenvalue weighted by molar-refractivity contribution is -0.137. The van der Waals surface area contributed by atoms with Crippen molar-refractivity contribution >= 4 is 41.0 Å². The summed E-state index contributed by atoms with van der Waals surface area (Å²) in [6.07, 6.45) is 1.54. The Labute approximate surface area is 155 Å². The van der Waals surface area contributed by atoms with Crippen LogP contribution in [0.3, 0.4) is 0 Å². The van der Waals surface area contributed by atoms with E-state index in [4.69, 9.17) is 32.7 Å². The average Bonchev–Trinajstić information content (AvgIpc) is 2.87. The van der Waals surface area contributed by atoms with Crippen molar-refractivity contribution in [1.82, 2.24) is 0 Å². The molecule has 0 fully saturated rings. The molecule has 2 aromatic carbocycles. The van der Waals surface area contributed by atoms with E-state index in [-0.39, 0.29) is 23.4 Å². The molecule has 3 rings (SSSR count). The van der Waals surface area contributed by atoms with Crippen LogP contribution in [0.25, 0.3) is 6.08 Å². The van der Waals surface area contributed by atoms with Crippen molar-refractivity contribution in [3.8, 4) is 11.5 Å². The standard InChI is InChI=1S/C19H14Cl2O4/c1-10(2)19(23)24-12-6-7-13-15(9-12)25-16(18(13)22)8-11-4-3-5-14(20)17(11)21/h3-10H,1-2H3. The molecule has 0 unspecified atom stereocenters. The summed E-state index contributed by atoms with van der Waals surface area (Å²) in [6, 6.07) is 9.78. The van der Waals surface area contributed by atoms with Gasteiger partial charge in [0.05, 0.1) is 21.5 Å². The van der Waals surface area contributed by atoms with E-state index < -0.39 is 0 Å². The van der Waals surface area contributed by atoms with Gasteiger partial charge in [0, 0.05) is 6.07 Å². The minimum absolute atomic E-state index is 0.131. The molecule has 0 aliphatic carbocycles. The topological polar surface area (TPSA) is 52.6 Å². The Morgan fingerprint density at radius 3 is 2.68 bits per heavy atom. The van der Waals surface area contributed by atoms with Gasteiger partial charge in [-0.25, -0.2) is 0 Å². The molecule has 1 aliphatic heterocycles. The van der Waals surface area contributed by atoms with E-state index in [2.05, 4.69) is 0 Å². The van der Waals surface area contributed by atoms with Gasteiger partial charge in [0.2, 0.25) is 5.78 Å². The number of Topliss-reactive ketones (excluding diaryl/α,β-unsaturated/α-hetero) is 1. The zero-order valence-electron chi connectivity index (χ0n) is 13.5. The van der Waals surface area contributed by atoms with E-state index in [1.807, 2.05) is 0 Å². The highest BCUT2D eigenvalue weighted by molar-refractivity contribution is 6.43. The highest BCUT2D eigenvalue weighted by Gasteiger charge is 2.28. The second-order valence-electron chi connectivity index (χ2n) is 5.82. The van der Waals surface area contributed by atoms with Crippen LogP contribution in [0.4, 0.5) is 0 Å². The molecule has 0 saturated carbocycles. The first kappa shape index (κ1) is 17.5. The Hall–Kier alpha value is -2.30. The second-order valence-corrected chi connectivity index (χ2v) is 6.60. The summed E-state index contributed by atoms with van der Waals surface area (Å²) >= 11 is 12.1. The molecule has 0 aromatic heterocycles. The molecule has 1 heterocycles. The first-order chi connectivity index (χ1) is 11.9. The number of halogens is 2. The molecule has 0 radical (unpaired) electrons. The number of ether oxygens (including phenoxy) is 2. The van der Waals surface area contributed by atoms with Crippen LogP contribution >= 0.6 is 23.2 Å². The first-order valence-corrected chi connectivity index (χ1v) is 8.36. The first-order valence-electron chi connectivity index (χ1n) is 7.61. The second kappa shape index (κ2) is 6.90. The van der Waals surface area contributed by atoms with Gasteiger partial charge < -0.3 is 9.47 Å². The van der Waals surface area contributed by atoms with Gasteiger partial charge in [-0.05, 0) is 29.8 Å². The van der Waals surface area contributed by atoms with E-state index in [0.29, 0.717) is 32.7 Å². The molecule has 0 N–H and O–H groups in total. The van der Waals surface area contributed by atoms with Gasteiger partial charge in [0.1, 0.15) is 11.5 Å². The molecule has 0 saturated heterocycles. The lowest BCUT2D eigenvalue weighted by Crippen LogP contribution is -2.14. The van der Waals surface area contributed by atoms with E-state index >= 15 is 0 Å². The third kappa shape index (κ3) is 3.55. The van der Waals surface area contributed by atoms with Crippen molar-refractivity contribution in [3.05, 3.63) is 63.3 Å². The molecule has 0 bridgehead atoms. The highest BCUT2D eigenvalue weighted by Crippen LogP contribution is 2.36. The number of hydrogen-bond donors (Lipinski definition) is 0. The van der Waals surface area contributed by atoms with E-state index in [1.165, 1.54) is 12.1 Å². The zero-order chi connectivity index (χ0) is 18.1. The van der Waals surface area contributed by atoms with Crippen molar-refractivity contribution in [3.63, 3.8) is 0 Å². The van der Waals surface area contributed by atoms with Crippen LogP contribution in [0.2, 0.25) is 10.0 Å². The Balaban J connectivity index is 1.89. The van der Waals surface area contributed by atoms with Crippen molar-refractivity contribution in [2.24, 2.45) is 5.92 Å². The molecule has 25 heavy (non-hydrogen) atoms. The van der Waals surface area contributed by atoms with Gasteiger partial charge in [-0.2, -0.15) is 0 Å². The highest BCUT2D eigenvalue weighted by atomic mass is 35.5. The van der Waals surface area contributed by atoms with E-state index in [1.54, 1.807) is 44.2 Å². The Morgan fingerprint density at radius 1 is 1.20 bits per heavy atom. The van der Waals surface area contributed by atoms with Crippen LogP contribution in [-0.2, 0) is 4.79 Å². The fourth-order valence-electron chi connectivity index (χ4n) is 2.24. The van der Waals surface area contributed by atoms with Crippen molar-refractivity contribution < 1.29 is 19.1 Å². The molecule has 128 valence electrons. The quantitative estimate of drug-likeness (QED) is 0.421. The largest absolute Gasteiger partial charge is 0.452 e. The fraction of sp³-hybridized carbons (Fsp3) is 0.158. The molecule has 4 nitrogen and oxygen atoms in total. The molecule has 6 heteroatoms. The summed E-state index contributed by atoms with van der Waals surface area (Å²) in [6.45, 7) is 3.48. The maximum Gasteiger partial charge on any atom is 0.313 e. The Kier molecular flexibility index (Phi) is 4.84. The van der Waals surface area contributed by atoms with Gasteiger partial charge in [-0.15, -0.1) is 0 Å². The summed E-state index contributed by atoms with van der Waals surface area (Å²) in [5.41, 5.74) is 0.977. The average molecular weight is 377 g/mol. The molecule has 0 atom stereocenters. The predicted octanol–water partition coefficient (Wildman–Crippen LogP) is 5.17. The van der Waals surface area contributed by atoms with Crippen LogP contribution in [-0.4, -0.2) is 11.8 Å². The van der Waals surface area contributed by atoms with E-state index in [9.17, 15) is 9.59 Å². The molecule has 2 aromatic rings. The van der Waals surface area contributed by atoms with Crippen LogP contribution in [0.15, 0.2) is 42.2 Å². The fourth-order valence-corrected chi connectivity index (χ4v) is 2.60. The normalized spacial score (nSPS) is 14.6. The predicted molar refractivity (Wildman–Crippen MR) is 96.3 cm³/mol. The number of allylic oxidation sites excluding steroid dienone is 1. The number of rotatable bonds is 3. The molecule has 0 spiro atoms. The van der Waals surface area contributed by atoms with Crippen molar-refractivity contribution in [2.75, 3.05) is 0 Å². The zero-order valence-corrected chi connectivity index (χ0v) is 15.0. The molecule has 0 amide bonds. The lowest BCUT2D eigenvalue weighted by Gasteiger charge is -2.07. The number of esters is 1. The minimum Gasteiger partial charge on any atom is -0.452 e. The maximum atomic E-state index is 12.5. The number of benzene rings is 2. The van der Waals surface area contributed by atoms with Gasteiger partial charge >= 0.3 is 5.97 Å². The summed E-state index contributed by atoms with van der Waals surface area (Å²) in [5.74, 6) is -0.0861. The smallest absolute Gasteiger partial charge is 0.313 e. The third-order valence-corrected chi connectivity index (χ3v) is 4.43. The summed E-state index contributed by atoms with van der Waals surface area (Å²) in [4.78, 5) is 24.1. The molecular formula is C19H14Cl2O4. The van der Waals surface area contributed by atoms with Gasteiger partial charge in [0.25, 0.3) is 0 Å². The summed E-state index contributed by atoms with van der Waals surface area (Å²) < 4.78 is 10.9.